The second-order valence-corrected chi connectivity index (χ2v) is 3.32. The van der Waals surface area contributed by atoms with Crippen LogP contribution in [0.1, 0.15) is 18.2 Å². The molecular weight excluding hydrogens is 198 g/mol. The number of rotatable bonds is 4. The van der Waals surface area contributed by atoms with Gasteiger partial charge in [0.25, 0.3) is 0 Å². The fourth-order valence-electron chi connectivity index (χ4n) is 1.08. The van der Waals surface area contributed by atoms with Gasteiger partial charge in [0.1, 0.15) is 6.04 Å². The lowest BCUT2D eigenvalue weighted by Crippen LogP contribution is -2.39. The van der Waals surface area contributed by atoms with Crippen molar-refractivity contribution < 1.29 is 14.7 Å². The van der Waals surface area contributed by atoms with Gasteiger partial charge in [-0.2, -0.15) is 5.10 Å². The third-order valence-electron chi connectivity index (χ3n) is 2.03. The minimum atomic E-state index is -1.05. The predicted molar refractivity (Wildman–Crippen MR) is 52.3 cm³/mol. The number of hydrogen-bond acceptors (Lipinski definition) is 3. The molecule has 0 aliphatic heterocycles. The number of aliphatic carboxylic acids is 1. The van der Waals surface area contributed by atoms with Gasteiger partial charge in [-0.15, -0.1) is 0 Å². The number of aromatic nitrogens is 2. The van der Waals surface area contributed by atoms with E-state index in [-0.39, 0.29) is 12.3 Å². The highest BCUT2D eigenvalue weighted by molar-refractivity contribution is 5.84. The molecule has 3 N–H and O–H groups in total. The first-order valence-corrected chi connectivity index (χ1v) is 4.51. The molecule has 6 nitrogen and oxygen atoms in total. The summed E-state index contributed by atoms with van der Waals surface area (Å²) >= 11 is 0. The average Bonchev–Trinajstić information content (AvgIpc) is 2.51. The second-order valence-electron chi connectivity index (χ2n) is 3.32. The topological polar surface area (TPSA) is 95.1 Å². The van der Waals surface area contributed by atoms with Crippen LogP contribution in [0.25, 0.3) is 0 Å². The van der Waals surface area contributed by atoms with Gasteiger partial charge in [-0.05, 0) is 13.8 Å². The molecule has 0 saturated heterocycles. The normalized spacial score (nSPS) is 12.1. The Morgan fingerprint density at radius 1 is 1.67 bits per heavy atom. The molecule has 1 rings (SSSR count). The Balaban J connectivity index is 2.50. The van der Waals surface area contributed by atoms with E-state index in [0.29, 0.717) is 0 Å². The highest BCUT2D eigenvalue weighted by Gasteiger charge is 2.15. The largest absolute Gasteiger partial charge is 0.480 e. The molecule has 1 aromatic rings. The van der Waals surface area contributed by atoms with Crippen LogP contribution in [0.3, 0.4) is 0 Å². The van der Waals surface area contributed by atoms with Crippen LogP contribution in [0.15, 0.2) is 6.20 Å². The first kappa shape index (κ1) is 11.2. The lowest BCUT2D eigenvalue weighted by molar-refractivity contribution is -0.141. The van der Waals surface area contributed by atoms with E-state index in [1.54, 1.807) is 13.1 Å². The van der Waals surface area contributed by atoms with E-state index in [9.17, 15) is 9.59 Å². The van der Waals surface area contributed by atoms with Crippen molar-refractivity contribution in [2.24, 2.45) is 0 Å². The monoisotopic (exact) mass is 211 g/mol. The molecule has 0 radical (unpaired) electrons. The van der Waals surface area contributed by atoms with E-state index in [4.69, 9.17) is 5.11 Å². The van der Waals surface area contributed by atoms with Crippen molar-refractivity contribution in [1.29, 1.82) is 0 Å². The molecule has 0 spiro atoms. The SMILES string of the molecule is Cc1[nH]ncc1CC(=O)N[C@@H](C)C(=O)O. The molecule has 0 bridgehead atoms. The van der Waals surface area contributed by atoms with Crippen LogP contribution in [0.4, 0.5) is 0 Å². The summed E-state index contributed by atoms with van der Waals surface area (Å²) < 4.78 is 0. The first-order valence-electron chi connectivity index (χ1n) is 4.51. The maximum Gasteiger partial charge on any atom is 0.325 e. The zero-order chi connectivity index (χ0) is 11.4. The number of hydrogen-bond donors (Lipinski definition) is 3. The second kappa shape index (κ2) is 4.59. The molecule has 0 aliphatic carbocycles. The van der Waals surface area contributed by atoms with E-state index >= 15 is 0 Å². The van der Waals surface area contributed by atoms with Crippen LogP contribution in [0.2, 0.25) is 0 Å². The summed E-state index contributed by atoms with van der Waals surface area (Å²) in [6.45, 7) is 3.22. The van der Waals surface area contributed by atoms with E-state index in [1.165, 1.54) is 6.92 Å². The molecule has 1 atom stereocenters. The zero-order valence-corrected chi connectivity index (χ0v) is 8.57. The Morgan fingerprint density at radius 3 is 2.80 bits per heavy atom. The van der Waals surface area contributed by atoms with Crippen molar-refractivity contribution in [2.75, 3.05) is 0 Å². The molecular formula is C9H13N3O3. The summed E-state index contributed by atoms with van der Waals surface area (Å²) in [5, 5.41) is 17.4. The minimum absolute atomic E-state index is 0.139. The van der Waals surface area contributed by atoms with E-state index in [2.05, 4.69) is 15.5 Å². The summed E-state index contributed by atoms with van der Waals surface area (Å²) in [7, 11) is 0. The number of carbonyl (C=O) groups excluding carboxylic acids is 1. The van der Waals surface area contributed by atoms with E-state index in [0.717, 1.165) is 11.3 Å². The average molecular weight is 211 g/mol. The number of carboxylic acids is 1. The van der Waals surface area contributed by atoms with Crippen molar-refractivity contribution in [3.8, 4) is 0 Å². The molecule has 15 heavy (non-hydrogen) atoms. The molecule has 82 valence electrons. The molecule has 6 heteroatoms. The van der Waals surface area contributed by atoms with Crippen LogP contribution in [0.5, 0.6) is 0 Å². The number of nitrogens with one attached hydrogen (secondary N) is 2. The smallest absolute Gasteiger partial charge is 0.325 e. The number of aryl methyl sites for hydroxylation is 1. The van der Waals surface area contributed by atoms with Gasteiger partial charge >= 0.3 is 5.97 Å². The van der Waals surface area contributed by atoms with Gasteiger partial charge in [0.15, 0.2) is 0 Å². The van der Waals surface area contributed by atoms with Crippen LogP contribution >= 0.6 is 0 Å². The molecule has 1 aromatic heterocycles. The fraction of sp³-hybridized carbons (Fsp3) is 0.444. The van der Waals surface area contributed by atoms with Crippen LogP contribution in [0, 0.1) is 6.92 Å². The Hall–Kier alpha value is -1.85. The minimum Gasteiger partial charge on any atom is -0.480 e. The maximum atomic E-state index is 11.4. The van der Waals surface area contributed by atoms with Gasteiger partial charge < -0.3 is 10.4 Å². The van der Waals surface area contributed by atoms with Crippen molar-refractivity contribution >= 4 is 11.9 Å². The van der Waals surface area contributed by atoms with E-state index in [1.807, 2.05) is 0 Å². The highest BCUT2D eigenvalue weighted by Crippen LogP contribution is 2.03. The molecule has 0 saturated carbocycles. The van der Waals surface area contributed by atoms with Crippen molar-refractivity contribution in [3.63, 3.8) is 0 Å². The van der Waals surface area contributed by atoms with Crippen molar-refractivity contribution in [1.82, 2.24) is 15.5 Å². The van der Waals surface area contributed by atoms with Crippen molar-refractivity contribution in [3.05, 3.63) is 17.5 Å². The first-order chi connectivity index (χ1) is 7.00. The summed E-state index contributed by atoms with van der Waals surface area (Å²) in [6.07, 6.45) is 1.69. The summed E-state index contributed by atoms with van der Waals surface area (Å²) in [6, 6.07) is -0.871. The quantitative estimate of drug-likeness (QED) is 0.645. The van der Waals surface area contributed by atoms with Crippen LogP contribution < -0.4 is 5.32 Å². The van der Waals surface area contributed by atoms with Gasteiger partial charge in [0, 0.05) is 11.3 Å². The summed E-state index contributed by atoms with van der Waals surface area (Å²) in [5.41, 5.74) is 1.58. The predicted octanol–water partition coefficient (Wildman–Crippen LogP) is -0.150. The summed E-state index contributed by atoms with van der Waals surface area (Å²) in [4.78, 5) is 21.8. The van der Waals surface area contributed by atoms with Gasteiger partial charge in [-0.1, -0.05) is 0 Å². The van der Waals surface area contributed by atoms with Crippen molar-refractivity contribution in [2.45, 2.75) is 26.3 Å². The Morgan fingerprint density at radius 2 is 2.33 bits per heavy atom. The van der Waals surface area contributed by atoms with Gasteiger partial charge in [0.2, 0.25) is 5.91 Å². The number of carbonyl (C=O) groups is 2. The third-order valence-corrected chi connectivity index (χ3v) is 2.03. The summed E-state index contributed by atoms with van der Waals surface area (Å²) in [5.74, 6) is -1.37. The third kappa shape index (κ3) is 3.08. The highest BCUT2D eigenvalue weighted by atomic mass is 16.4. The molecule has 1 amide bonds. The lowest BCUT2D eigenvalue weighted by Gasteiger charge is -2.08. The molecule has 0 aliphatic rings. The number of carboxylic acid groups (broad SMARTS) is 1. The van der Waals surface area contributed by atoms with Crippen LogP contribution in [-0.2, 0) is 16.0 Å². The van der Waals surface area contributed by atoms with Crippen LogP contribution in [-0.4, -0.2) is 33.2 Å². The van der Waals surface area contributed by atoms with Gasteiger partial charge in [-0.3, -0.25) is 14.7 Å². The number of aromatic amines is 1. The number of H-pyrrole nitrogens is 1. The molecule has 0 fully saturated rings. The Bertz CT molecular complexity index is 372. The Labute approximate surface area is 86.7 Å². The van der Waals surface area contributed by atoms with Gasteiger partial charge in [0.05, 0.1) is 12.6 Å². The van der Waals surface area contributed by atoms with E-state index < -0.39 is 12.0 Å². The molecule has 1 heterocycles. The fourth-order valence-corrected chi connectivity index (χ4v) is 1.08. The Kier molecular flexibility index (Phi) is 3.43. The van der Waals surface area contributed by atoms with Gasteiger partial charge in [-0.25, -0.2) is 0 Å². The lowest BCUT2D eigenvalue weighted by atomic mass is 10.2. The molecule has 0 unspecified atom stereocenters. The molecule has 0 aromatic carbocycles. The zero-order valence-electron chi connectivity index (χ0n) is 8.57. The standard InChI is InChI=1S/C9H13N3O3/c1-5-7(4-10-12-5)3-8(13)11-6(2)9(14)15/h4,6H,3H2,1-2H3,(H,10,12)(H,11,13)(H,14,15)/t6-/m0/s1. The maximum absolute atomic E-state index is 11.4. The number of amides is 1. The number of nitrogens with zero attached hydrogens (tertiary/aromatic N) is 1.